The third-order valence-electron chi connectivity index (χ3n) is 2.70. The second-order valence-corrected chi connectivity index (χ2v) is 4.50. The molecule has 0 N–H and O–H groups in total. The van der Waals surface area contributed by atoms with Gasteiger partial charge < -0.3 is 14.4 Å². The summed E-state index contributed by atoms with van der Waals surface area (Å²) < 4.78 is 10.4. The van der Waals surface area contributed by atoms with Gasteiger partial charge >= 0.3 is 11.9 Å². The van der Waals surface area contributed by atoms with Crippen LogP contribution in [0.5, 0.6) is 0 Å². The standard InChI is InChI=1S/C13H15ClN2O5/c1-15(7-9(12(18)20-3)13(19)21-4)10-5-8(14)6-11(17)16(10)2/h5-7H,1-4H3. The predicted octanol–water partition coefficient (Wildman–Crippen LogP) is 0.705. The van der Waals surface area contributed by atoms with E-state index in [2.05, 4.69) is 9.47 Å². The molecule has 7 nitrogen and oxygen atoms in total. The van der Waals surface area contributed by atoms with Crippen LogP contribution >= 0.6 is 11.6 Å². The first-order chi connectivity index (χ1) is 9.81. The van der Waals surface area contributed by atoms with Crippen molar-refractivity contribution in [3.63, 3.8) is 0 Å². The van der Waals surface area contributed by atoms with E-state index in [9.17, 15) is 14.4 Å². The monoisotopic (exact) mass is 314 g/mol. The smallest absolute Gasteiger partial charge is 0.346 e. The van der Waals surface area contributed by atoms with Crippen molar-refractivity contribution in [1.29, 1.82) is 0 Å². The highest BCUT2D eigenvalue weighted by Crippen LogP contribution is 2.17. The number of methoxy groups -OCH3 is 2. The second-order valence-electron chi connectivity index (χ2n) is 4.07. The van der Waals surface area contributed by atoms with E-state index in [4.69, 9.17) is 11.6 Å². The zero-order chi connectivity index (χ0) is 16.2. The largest absolute Gasteiger partial charge is 0.465 e. The lowest BCUT2D eigenvalue weighted by atomic mass is 10.3. The van der Waals surface area contributed by atoms with E-state index in [1.165, 1.54) is 34.8 Å². The summed E-state index contributed by atoms with van der Waals surface area (Å²) in [6.07, 6.45) is 1.21. The first kappa shape index (κ1) is 16.8. The lowest BCUT2D eigenvalue weighted by Gasteiger charge is -2.19. The summed E-state index contributed by atoms with van der Waals surface area (Å²) >= 11 is 5.84. The average molecular weight is 315 g/mol. The zero-order valence-electron chi connectivity index (χ0n) is 12.0. The Morgan fingerprint density at radius 2 is 1.76 bits per heavy atom. The molecule has 0 aliphatic heterocycles. The van der Waals surface area contributed by atoms with E-state index in [1.807, 2.05) is 0 Å². The molecular formula is C13H15ClN2O5. The van der Waals surface area contributed by atoms with Gasteiger partial charge in [0.15, 0.2) is 5.57 Å². The van der Waals surface area contributed by atoms with Gasteiger partial charge in [0.05, 0.1) is 14.2 Å². The number of halogens is 1. The number of rotatable bonds is 4. The molecule has 8 heteroatoms. The fraction of sp³-hybridized carbons (Fsp3) is 0.308. The summed E-state index contributed by atoms with van der Waals surface area (Å²) in [4.78, 5) is 36.2. The summed E-state index contributed by atoms with van der Waals surface area (Å²) in [7, 11) is 5.38. The van der Waals surface area contributed by atoms with Crippen LogP contribution in [0, 0.1) is 0 Å². The maximum Gasteiger partial charge on any atom is 0.346 e. The molecule has 1 rings (SSSR count). The van der Waals surface area contributed by atoms with Gasteiger partial charge in [-0.05, 0) is 6.07 Å². The van der Waals surface area contributed by atoms with Gasteiger partial charge in [0.25, 0.3) is 5.56 Å². The van der Waals surface area contributed by atoms with Crippen LogP contribution in [0.15, 0.2) is 28.7 Å². The molecule has 0 atom stereocenters. The van der Waals surface area contributed by atoms with Gasteiger partial charge in [-0.15, -0.1) is 0 Å². The molecule has 0 radical (unpaired) electrons. The number of esters is 2. The summed E-state index contributed by atoms with van der Waals surface area (Å²) in [6, 6.07) is 2.77. The van der Waals surface area contributed by atoms with E-state index >= 15 is 0 Å². The molecule has 0 aromatic carbocycles. The van der Waals surface area contributed by atoms with E-state index < -0.39 is 11.9 Å². The number of anilines is 1. The van der Waals surface area contributed by atoms with Crippen molar-refractivity contribution in [2.75, 3.05) is 26.2 Å². The minimum atomic E-state index is -0.847. The molecule has 0 fully saturated rings. The van der Waals surface area contributed by atoms with Crippen molar-refractivity contribution in [2.24, 2.45) is 7.05 Å². The Labute approximate surface area is 126 Å². The van der Waals surface area contributed by atoms with Crippen LogP contribution in [0.4, 0.5) is 5.82 Å². The van der Waals surface area contributed by atoms with Gasteiger partial charge in [-0.2, -0.15) is 0 Å². The highest BCUT2D eigenvalue weighted by atomic mass is 35.5. The van der Waals surface area contributed by atoms with E-state index in [0.29, 0.717) is 5.82 Å². The van der Waals surface area contributed by atoms with Gasteiger partial charge in [-0.25, -0.2) is 9.59 Å². The van der Waals surface area contributed by atoms with Crippen molar-refractivity contribution >= 4 is 29.4 Å². The first-order valence-electron chi connectivity index (χ1n) is 5.79. The highest BCUT2D eigenvalue weighted by Gasteiger charge is 2.21. The third-order valence-corrected chi connectivity index (χ3v) is 2.92. The molecule has 0 unspecified atom stereocenters. The molecular weight excluding hydrogens is 300 g/mol. The lowest BCUT2D eigenvalue weighted by molar-refractivity contribution is -0.144. The molecule has 114 valence electrons. The van der Waals surface area contributed by atoms with Crippen molar-refractivity contribution < 1.29 is 19.1 Å². The lowest BCUT2D eigenvalue weighted by Crippen LogP contribution is -2.26. The molecule has 1 heterocycles. The topological polar surface area (TPSA) is 77.8 Å². The number of carbonyl (C=O) groups is 2. The highest BCUT2D eigenvalue weighted by molar-refractivity contribution is 6.30. The Hall–Kier alpha value is -2.28. The van der Waals surface area contributed by atoms with Crippen LogP contribution in [0.2, 0.25) is 5.02 Å². The normalized spacial score (nSPS) is 9.76. The Kier molecular flexibility index (Phi) is 5.54. The number of pyridine rings is 1. The molecule has 0 amide bonds. The van der Waals surface area contributed by atoms with Crippen LogP contribution in [-0.2, 0) is 26.1 Å². The van der Waals surface area contributed by atoms with Gasteiger partial charge in [0.2, 0.25) is 0 Å². The SMILES string of the molecule is COC(=O)C(=CN(C)c1cc(Cl)cc(=O)n1C)C(=O)OC. The van der Waals surface area contributed by atoms with Gasteiger partial charge in [-0.1, -0.05) is 11.6 Å². The fourth-order valence-electron chi connectivity index (χ4n) is 1.60. The van der Waals surface area contributed by atoms with Crippen molar-refractivity contribution in [2.45, 2.75) is 0 Å². The van der Waals surface area contributed by atoms with Gasteiger partial charge in [-0.3, -0.25) is 9.36 Å². The number of aromatic nitrogens is 1. The van der Waals surface area contributed by atoms with Crippen LogP contribution in [0.1, 0.15) is 0 Å². The third kappa shape index (κ3) is 3.85. The minimum absolute atomic E-state index is 0.242. The Morgan fingerprint density at radius 3 is 2.24 bits per heavy atom. The van der Waals surface area contributed by atoms with Crippen molar-refractivity contribution in [3.8, 4) is 0 Å². The number of hydrogen-bond donors (Lipinski definition) is 0. The summed E-state index contributed by atoms with van der Waals surface area (Å²) in [5.41, 5.74) is -0.634. The summed E-state index contributed by atoms with van der Waals surface area (Å²) in [5.74, 6) is -1.31. The fourth-order valence-corrected chi connectivity index (χ4v) is 1.79. The average Bonchev–Trinajstić information content (AvgIpc) is 2.46. The maximum absolute atomic E-state index is 11.7. The van der Waals surface area contributed by atoms with Crippen LogP contribution in [0.25, 0.3) is 0 Å². The van der Waals surface area contributed by atoms with E-state index in [-0.39, 0.29) is 16.2 Å². The zero-order valence-corrected chi connectivity index (χ0v) is 12.8. The molecule has 0 saturated carbocycles. The van der Waals surface area contributed by atoms with Crippen molar-refractivity contribution in [3.05, 3.63) is 39.3 Å². The number of nitrogens with zero attached hydrogens (tertiary/aromatic N) is 2. The molecule has 1 aromatic heterocycles. The molecule has 0 bridgehead atoms. The van der Waals surface area contributed by atoms with Crippen LogP contribution < -0.4 is 10.5 Å². The molecule has 0 spiro atoms. The van der Waals surface area contributed by atoms with Gasteiger partial charge in [0, 0.05) is 31.4 Å². The maximum atomic E-state index is 11.7. The summed E-state index contributed by atoms with van der Waals surface area (Å²) in [6.45, 7) is 0. The molecule has 21 heavy (non-hydrogen) atoms. The minimum Gasteiger partial charge on any atom is -0.465 e. The van der Waals surface area contributed by atoms with E-state index in [0.717, 1.165) is 14.2 Å². The van der Waals surface area contributed by atoms with Crippen molar-refractivity contribution in [1.82, 2.24) is 4.57 Å². The predicted molar refractivity (Wildman–Crippen MR) is 77.2 cm³/mol. The molecule has 0 aliphatic rings. The second kappa shape index (κ2) is 6.94. The van der Waals surface area contributed by atoms with Gasteiger partial charge in [0.1, 0.15) is 5.82 Å². The Balaban J connectivity index is 3.31. The quantitative estimate of drug-likeness (QED) is 0.352. The first-order valence-corrected chi connectivity index (χ1v) is 6.17. The van der Waals surface area contributed by atoms with Crippen LogP contribution in [-0.4, -0.2) is 37.8 Å². The molecule has 0 saturated heterocycles. The van der Waals surface area contributed by atoms with Crippen LogP contribution in [0.3, 0.4) is 0 Å². The molecule has 1 aromatic rings. The van der Waals surface area contributed by atoms with E-state index in [1.54, 1.807) is 7.05 Å². The Bertz CT molecular complexity index is 632. The number of ether oxygens (including phenoxy) is 2. The Morgan fingerprint density at radius 1 is 1.24 bits per heavy atom. The number of carbonyl (C=O) groups excluding carboxylic acids is 2. The molecule has 0 aliphatic carbocycles. The summed E-state index contributed by atoms with van der Waals surface area (Å²) in [5, 5.41) is 0.242. The number of hydrogen-bond acceptors (Lipinski definition) is 6.